The van der Waals surface area contributed by atoms with Gasteiger partial charge in [-0.25, -0.2) is 0 Å². The zero-order chi connectivity index (χ0) is 12.3. The number of hydrogen-bond donors (Lipinski definition) is 0. The molecule has 0 aliphatic carbocycles. The molecule has 0 heterocycles. The van der Waals surface area contributed by atoms with E-state index in [4.69, 9.17) is 16.3 Å². The van der Waals surface area contributed by atoms with E-state index in [-0.39, 0.29) is 5.38 Å². The fourth-order valence-corrected chi connectivity index (χ4v) is 2.03. The van der Waals surface area contributed by atoms with Crippen LogP contribution >= 0.6 is 11.6 Å². The smallest absolute Gasteiger partial charge is 0.119 e. The SMILES string of the molecule is COc1ccc2cc(CCC(C)Cl)ccc2c1. The molecule has 17 heavy (non-hydrogen) atoms. The maximum atomic E-state index is 5.97. The second-order valence-electron chi connectivity index (χ2n) is 4.37. The number of ether oxygens (including phenoxy) is 1. The molecule has 1 unspecified atom stereocenters. The number of halogens is 1. The van der Waals surface area contributed by atoms with Crippen LogP contribution in [0.5, 0.6) is 5.75 Å². The predicted molar refractivity (Wildman–Crippen MR) is 74.1 cm³/mol. The van der Waals surface area contributed by atoms with Gasteiger partial charge >= 0.3 is 0 Å². The Hall–Kier alpha value is -1.21. The first-order valence-corrected chi connectivity index (χ1v) is 6.33. The Kier molecular flexibility index (Phi) is 3.90. The molecular formula is C15H17ClO. The van der Waals surface area contributed by atoms with Crippen LogP contribution in [0.1, 0.15) is 18.9 Å². The molecule has 0 N–H and O–H groups in total. The van der Waals surface area contributed by atoms with Crippen LogP contribution in [-0.4, -0.2) is 12.5 Å². The quantitative estimate of drug-likeness (QED) is 0.729. The predicted octanol–water partition coefficient (Wildman–Crippen LogP) is 4.41. The van der Waals surface area contributed by atoms with E-state index in [0.29, 0.717) is 0 Å². The fourth-order valence-electron chi connectivity index (χ4n) is 1.92. The third-order valence-corrected chi connectivity index (χ3v) is 3.16. The van der Waals surface area contributed by atoms with Crippen LogP contribution in [0.2, 0.25) is 0 Å². The number of rotatable bonds is 4. The number of hydrogen-bond acceptors (Lipinski definition) is 1. The van der Waals surface area contributed by atoms with E-state index in [2.05, 4.69) is 30.3 Å². The molecule has 90 valence electrons. The van der Waals surface area contributed by atoms with Gasteiger partial charge in [-0.1, -0.05) is 24.3 Å². The summed E-state index contributed by atoms with van der Waals surface area (Å²) < 4.78 is 5.21. The van der Waals surface area contributed by atoms with Crippen LogP contribution in [-0.2, 0) is 6.42 Å². The van der Waals surface area contributed by atoms with Crippen LogP contribution in [0.4, 0.5) is 0 Å². The Bertz CT molecular complexity index is 505. The molecule has 0 radical (unpaired) electrons. The lowest BCUT2D eigenvalue weighted by atomic mass is 10.0. The Labute approximate surface area is 107 Å². The highest BCUT2D eigenvalue weighted by Crippen LogP contribution is 2.22. The molecule has 0 amide bonds. The van der Waals surface area contributed by atoms with E-state index >= 15 is 0 Å². The van der Waals surface area contributed by atoms with Gasteiger partial charge in [0.15, 0.2) is 0 Å². The standard InChI is InChI=1S/C15H17ClO/c1-11(16)3-4-12-5-6-14-10-15(17-2)8-7-13(14)9-12/h5-11H,3-4H2,1-2H3. The molecule has 0 spiro atoms. The Morgan fingerprint density at radius 1 is 1.12 bits per heavy atom. The van der Waals surface area contributed by atoms with Gasteiger partial charge in [0.25, 0.3) is 0 Å². The van der Waals surface area contributed by atoms with E-state index in [0.717, 1.165) is 18.6 Å². The lowest BCUT2D eigenvalue weighted by molar-refractivity contribution is 0.415. The summed E-state index contributed by atoms with van der Waals surface area (Å²) in [6.07, 6.45) is 2.05. The minimum atomic E-state index is 0.238. The number of alkyl halides is 1. The molecule has 2 aromatic carbocycles. The van der Waals surface area contributed by atoms with Crippen LogP contribution in [0.3, 0.4) is 0 Å². The topological polar surface area (TPSA) is 9.23 Å². The van der Waals surface area contributed by atoms with Crippen molar-refractivity contribution in [2.45, 2.75) is 25.1 Å². The van der Waals surface area contributed by atoms with Crippen molar-refractivity contribution in [3.05, 3.63) is 42.0 Å². The summed E-state index contributed by atoms with van der Waals surface area (Å²) in [5.41, 5.74) is 1.34. The molecule has 0 aliphatic heterocycles. The van der Waals surface area contributed by atoms with Crippen molar-refractivity contribution in [2.24, 2.45) is 0 Å². The summed E-state index contributed by atoms with van der Waals surface area (Å²) >= 11 is 5.97. The largest absolute Gasteiger partial charge is 0.497 e. The van der Waals surface area contributed by atoms with Gasteiger partial charge in [0.2, 0.25) is 0 Å². The highest BCUT2D eigenvalue weighted by atomic mass is 35.5. The molecule has 0 aliphatic rings. The number of fused-ring (bicyclic) bond motifs is 1. The Morgan fingerprint density at radius 3 is 2.53 bits per heavy atom. The summed E-state index contributed by atoms with van der Waals surface area (Å²) in [4.78, 5) is 0. The molecule has 0 aromatic heterocycles. The molecule has 1 atom stereocenters. The Morgan fingerprint density at radius 2 is 1.82 bits per heavy atom. The lowest BCUT2D eigenvalue weighted by Gasteiger charge is -2.06. The molecule has 2 rings (SSSR count). The first-order valence-electron chi connectivity index (χ1n) is 5.90. The maximum Gasteiger partial charge on any atom is 0.119 e. The minimum Gasteiger partial charge on any atom is -0.497 e. The van der Waals surface area contributed by atoms with Crippen LogP contribution < -0.4 is 4.74 Å². The number of benzene rings is 2. The average Bonchev–Trinajstić information content (AvgIpc) is 2.35. The van der Waals surface area contributed by atoms with Gasteiger partial charge in [0, 0.05) is 5.38 Å². The van der Waals surface area contributed by atoms with Gasteiger partial charge in [-0.05, 0) is 48.2 Å². The van der Waals surface area contributed by atoms with E-state index in [9.17, 15) is 0 Å². The summed E-state index contributed by atoms with van der Waals surface area (Å²) in [7, 11) is 1.69. The second kappa shape index (κ2) is 5.42. The van der Waals surface area contributed by atoms with Crippen molar-refractivity contribution >= 4 is 22.4 Å². The van der Waals surface area contributed by atoms with E-state index in [1.54, 1.807) is 7.11 Å². The van der Waals surface area contributed by atoms with Crippen molar-refractivity contribution < 1.29 is 4.74 Å². The zero-order valence-electron chi connectivity index (χ0n) is 10.2. The molecule has 1 nitrogen and oxygen atoms in total. The van der Waals surface area contributed by atoms with Crippen LogP contribution in [0.15, 0.2) is 36.4 Å². The minimum absolute atomic E-state index is 0.238. The van der Waals surface area contributed by atoms with Gasteiger partial charge in [0.05, 0.1) is 7.11 Å². The molecule has 2 aromatic rings. The van der Waals surface area contributed by atoms with Crippen LogP contribution in [0.25, 0.3) is 10.8 Å². The highest BCUT2D eigenvalue weighted by molar-refractivity contribution is 6.20. The fraction of sp³-hybridized carbons (Fsp3) is 0.333. The van der Waals surface area contributed by atoms with Gasteiger partial charge in [-0.2, -0.15) is 0 Å². The summed E-state index contributed by atoms with van der Waals surface area (Å²) in [6, 6.07) is 12.7. The molecule has 0 bridgehead atoms. The molecule has 2 heteroatoms. The number of methoxy groups -OCH3 is 1. The Balaban J connectivity index is 2.25. The summed E-state index contributed by atoms with van der Waals surface area (Å²) in [6.45, 7) is 2.04. The average molecular weight is 249 g/mol. The molecule has 0 saturated carbocycles. The first-order chi connectivity index (χ1) is 8.19. The van der Waals surface area contributed by atoms with Crippen molar-refractivity contribution in [1.29, 1.82) is 0 Å². The second-order valence-corrected chi connectivity index (χ2v) is 5.11. The van der Waals surface area contributed by atoms with Crippen LogP contribution in [0, 0.1) is 0 Å². The van der Waals surface area contributed by atoms with Crippen molar-refractivity contribution in [1.82, 2.24) is 0 Å². The monoisotopic (exact) mass is 248 g/mol. The third-order valence-electron chi connectivity index (χ3n) is 2.94. The normalized spacial score (nSPS) is 12.6. The van der Waals surface area contributed by atoms with Gasteiger partial charge in [0.1, 0.15) is 5.75 Å². The van der Waals surface area contributed by atoms with Crippen molar-refractivity contribution in [3.63, 3.8) is 0 Å². The first kappa shape index (κ1) is 12.3. The maximum absolute atomic E-state index is 5.97. The zero-order valence-corrected chi connectivity index (χ0v) is 11.0. The third kappa shape index (κ3) is 3.13. The van der Waals surface area contributed by atoms with E-state index in [1.807, 2.05) is 13.0 Å². The van der Waals surface area contributed by atoms with Crippen molar-refractivity contribution in [3.8, 4) is 5.75 Å². The highest BCUT2D eigenvalue weighted by Gasteiger charge is 2.01. The molecular weight excluding hydrogens is 232 g/mol. The summed E-state index contributed by atoms with van der Waals surface area (Å²) in [5.74, 6) is 0.902. The lowest BCUT2D eigenvalue weighted by Crippen LogP contribution is -1.94. The van der Waals surface area contributed by atoms with E-state index < -0.39 is 0 Å². The van der Waals surface area contributed by atoms with Crippen molar-refractivity contribution in [2.75, 3.05) is 7.11 Å². The van der Waals surface area contributed by atoms with Gasteiger partial charge in [-0.15, -0.1) is 11.6 Å². The summed E-state index contributed by atoms with van der Waals surface area (Å²) in [5, 5.41) is 2.71. The molecule has 0 fully saturated rings. The van der Waals surface area contributed by atoms with Gasteiger partial charge in [-0.3, -0.25) is 0 Å². The number of aryl methyl sites for hydroxylation is 1. The molecule has 0 saturated heterocycles. The van der Waals surface area contributed by atoms with Gasteiger partial charge < -0.3 is 4.74 Å². The van der Waals surface area contributed by atoms with E-state index in [1.165, 1.54) is 16.3 Å².